The first-order valence-corrected chi connectivity index (χ1v) is 6.86. The number of tetrazole rings is 1. The molecule has 0 saturated heterocycles. The van der Waals surface area contributed by atoms with Crippen LogP contribution in [0.2, 0.25) is 0 Å². The number of rotatable bonds is 5. The third kappa shape index (κ3) is 3.44. The zero-order valence-corrected chi connectivity index (χ0v) is 12.2. The van der Waals surface area contributed by atoms with Gasteiger partial charge in [-0.3, -0.25) is 4.79 Å². The molecule has 7 nitrogen and oxygen atoms in total. The second kappa shape index (κ2) is 6.02. The highest BCUT2D eigenvalue weighted by molar-refractivity contribution is 9.10. The summed E-state index contributed by atoms with van der Waals surface area (Å²) in [5, 5.41) is 20.3. The Morgan fingerprint density at radius 3 is 3.00 bits per heavy atom. The molecule has 0 fully saturated rings. The summed E-state index contributed by atoms with van der Waals surface area (Å²) < 4.78 is 7.43. The maximum atomic E-state index is 10.6. The summed E-state index contributed by atoms with van der Waals surface area (Å²) in [6, 6.07) is 5.37. The summed E-state index contributed by atoms with van der Waals surface area (Å²) in [5.41, 5.74) is 0.684. The van der Waals surface area contributed by atoms with Crippen molar-refractivity contribution in [2.24, 2.45) is 0 Å². The SMILES string of the molecule is COc1cc(Br)cc(-n2nnnc2SCC(=O)O)c1. The van der Waals surface area contributed by atoms with E-state index in [1.807, 2.05) is 6.07 Å². The number of aromatic nitrogens is 4. The number of benzene rings is 1. The minimum atomic E-state index is -0.925. The fourth-order valence-electron chi connectivity index (χ4n) is 1.35. The van der Waals surface area contributed by atoms with Crippen molar-refractivity contribution in [3.8, 4) is 11.4 Å². The summed E-state index contributed by atoms with van der Waals surface area (Å²) in [7, 11) is 1.56. The first-order chi connectivity index (χ1) is 9.10. The van der Waals surface area contributed by atoms with Crippen molar-refractivity contribution in [1.82, 2.24) is 20.2 Å². The Kier molecular flexibility index (Phi) is 4.38. The second-order valence-electron chi connectivity index (χ2n) is 3.40. The van der Waals surface area contributed by atoms with Gasteiger partial charge in [-0.05, 0) is 22.6 Å². The van der Waals surface area contributed by atoms with Gasteiger partial charge in [0.25, 0.3) is 0 Å². The fraction of sp³-hybridized carbons (Fsp3) is 0.200. The Labute approximate surface area is 121 Å². The number of methoxy groups -OCH3 is 1. The molecule has 0 saturated carbocycles. The number of carboxylic acids is 1. The number of hydrogen-bond donors (Lipinski definition) is 1. The molecule has 2 aromatic rings. The second-order valence-corrected chi connectivity index (χ2v) is 5.26. The first kappa shape index (κ1) is 13.8. The van der Waals surface area contributed by atoms with Crippen LogP contribution in [-0.2, 0) is 4.79 Å². The zero-order chi connectivity index (χ0) is 13.8. The van der Waals surface area contributed by atoms with Crippen LogP contribution in [-0.4, -0.2) is 44.1 Å². The van der Waals surface area contributed by atoms with Gasteiger partial charge in [0.05, 0.1) is 18.6 Å². The molecular weight excluding hydrogens is 336 g/mol. The number of nitrogens with zero attached hydrogens (tertiary/aromatic N) is 4. The molecule has 1 N–H and O–H groups in total. The van der Waals surface area contributed by atoms with Gasteiger partial charge >= 0.3 is 5.97 Å². The highest BCUT2D eigenvalue weighted by Crippen LogP contribution is 2.25. The van der Waals surface area contributed by atoms with Crippen LogP contribution in [0.5, 0.6) is 5.75 Å². The zero-order valence-electron chi connectivity index (χ0n) is 9.78. The van der Waals surface area contributed by atoms with E-state index in [2.05, 4.69) is 31.5 Å². The van der Waals surface area contributed by atoms with Gasteiger partial charge in [0, 0.05) is 10.5 Å². The number of ether oxygens (including phenoxy) is 1. The molecule has 100 valence electrons. The number of carboxylic acid groups (broad SMARTS) is 1. The molecule has 0 radical (unpaired) electrons. The number of aliphatic carboxylic acids is 1. The normalized spacial score (nSPS) is 10.4. The van der Waals surface area contributed by atoms with Crippen molar-refractivity contribution in [3.05, 3.63) is 22.7 Å². The van der Waals surface area contributed by atoms with E-state index in [-0.39, 0.29) is 5.75 Å². The average molecular weight is 345 g/mol. The van der Waals surface area contributed by atoms with Gasteiger partial charge in [-0.1, -0.05) is 27.7 Å². The van der Waals surface area contributed by atoms with E-state index in [1.54, 1.807) is 19.2 Å². The van der Waals surface area contributed by atoms with E-state index in [4.69, 9.17) is 9.84 Å². The minimum Gasteiger partial charge on any atom is -0.497 e. The topological polar surface area (TPSA) is 90.1 Å². The molecule has 1 heterocycles. The highest BCUT2D eigenvalue weighted by atomic mass is 79.9. The molecule has 0 aliphatic heterocycles. The molecular formula is C10H9BrN4O3S. The predicted molar refractivity (Wildman–Crippen MR) is 71.8 cm³/mol. The molecule has 1 aromatic carbocycles. The van der Waals surface area contributed by atoms with Crippen molar-refractivity contribution >= 4 is 33.7 Å². The number of halogens is 1. The van der Waals surface area contributed by atoms with Gasteiger partial charge in [-0.25, -0.2) is 0 Å². The Morgan fingerprint density at radius 1 is 1.53 bits per heavy atom. The van der Waals surface area contributed by atoms with E-state index in [0.717, 1.165) is 16.2 Å². The van der Waals surface area contributed by atoms with Crippen LogP contribution in [0.1, 0.15) is 0 Å². The van der Waals surface area contributed by atoms with Crippen molar-refractivity contribution < 1.29 is 14.6 Å². The molecule has 0 aliphatic carbocycles. The molecule has 1 aromatic heterocycles. The third-order valence-corrected chi connectivity index (χ3v) is 3.46. The van der Waals surface area contributed by atoms with Crippen molar-refractivity contribution in [3.63, 3.8) is 0 Å². The van der Waals surface area contributed by atoms with E-state index in [9.17, 15) is 4.79 Å². The van der Waals surface area contributed by atoms with Gasteiger partial charge in [0.1, 0.15) is 5.75 Å². The molecule has 0 unspecified atom stereocenters. The Bertz CT molecular complexity index is 604. The monoisotopic (exact) mass is 344 g/mol. The van der Waals surface area contributed by atoms with E-state index >= 15 is 0 Å². The number of hydrogen-bond acceptors (Lipinski definition) is 6. The number of thioether (sulfide) groups is 1. The third-order valence-electron chi connectivity index (χ3n) is 2.10. The quantitative estimate of drug-likeness (QED) is 0.824. The van der Waals surface area contributed by atoms with Crippen LogP contribution >= 0.6 is 27.7 Å². The fourth-order valence-corrected chi connectivity index (χ4v) is 2.42. The Morgan fingerprint density at radius 2 is 2.32 bits per heavy atom. The van der Waals surface area contributed by atoms with Gasteiger partial charge in [0.15, 0.2) is 0 Å². The largest absolute Gasteiger partial charge is 0.497 e. The molecule has 2 rings (SSSR count). The van der Waals surface area contributed by atoms with Crippen LogP contribution in [0.3, 0.4) is 0 Å². The van der Waals surface area contributed by atoms with Crippen LogP contribution in [0.4, 0.5) is 0 Å². The molecule has 0 atom stereocenters. The average Bonchev–Trinajstić information content (AvgIpc) is 2.83. The van der Waals surface area contributed by atoms with E-state index < -0.39 is 5.97 Å². The van der Waals surface area contributed by atoms with Crippen molar-refractivity contribution in [1.29, 1.82) is 0 Å². The van der Waals surface area contributed by atoms with Gasteiger partial charge in [0.2, 0.25) is 5.16 Å². The molecule has 0 aliphatic rings. The first-order valence-electron chi connectivity index (χ1n) is 5.08. The Hall–Kier alpha value is -1.61. The molecule has 0 amide bonds. The van der Waals surface area contributed by atoms with Crippen LogP contribution in [0.15, 0.2) is 27.8 Å². The van der Waals surface area contributed by atoms with Gasteiger partial charge < -0.3 is 9.84 Å². The van der Waals surface area contributed by atoms with E-state index in [0.29, 0.717) is 16.6 Å². The molecule has 0 spiro atoms. The highest BCUT2D eigenvalue weighted by Gasteiger charge is 2.12. The minimum absolute atomic E-state index is 0.106. The summed E-state index contributed by atoms with van der Waals surface area (Å²) in [5.74, 6) is -0.383. The van der Waals surface area contributed by atoms with Gasteiger partial charge in [-0.2, -0.15) is 4.68 Å². The summed E-state index contributed by atoms with van der Waals surface area (Å²) in [6.45, 7) is 0. The summed E-state index contributed by atoms with van der Waals surface area (Å²) in [6.07, 6.45) is 0. The lowest BCUT2D eigenvalue weighted by Crippen LogP contribution is -2.03. The lowest BCUT2D eigenvalue weighted by molar-refractivity contribution is -0.133. The van der Waals surface area contributed by atoms with Crippen molar-refractivity contribution in [2.45, 2.75) is 5.16 Å². The smallest absolute Gasteiger partial charge is 0.313 e. The summed E-state index contributed by atoms with van der Waals surface area (Å²) in [4.78, 5) is 10.6. The lowest BCUT2D eigenvalue weighted by atomic mass is 10.3. The maximum absolute atomic E-state index is 10.6. The van der Waals surface area contributed by atoms with Crippen LogP contribution in [0.25, 0.3) is 5.69 Å². The van der Waals surface area contributed by atoms with Crippen LogP contribution < -0.4 is 4.74 Å². The maximum Gasteiger partial charge on any atom is 0.313 e. The molecule has 9 heteroatoms. The van der Waals surface area contributed by atoms with Crippen molar-refractivity contribution in [2.75, 3.05) is 12.9 Å². The summed E-state index contributed by atoms with van der Waals surface area (Å²) >= 11 is 4.41. The number of carbonyl (C=O) groups is 1. The molecule has 0 bridgehead atoms. The van der Waals surface area contributed by atoms with Crippen LogP contribution in [0, 0.1) is 0 Å². The van der Waals surface area contributed by atoms with Gasteiger partial charge in [-0.15, -0.1) is 5.10 Å². The van der Waals surface area contributed by atoms with E-state index in [1.165, 1.54) is 4.68 Å². The standard InChI is InChI=1S/C10H9BrN4O3S/c1-18-8-3-6(11)2-7(4-8)15-10(12-13-14-15)19-5-9(16)17/h2-4H,5H2,1H3,(H,16,17). The predicted octanol–water partition coefficient (Wildman–Crippen LogP) is 1.61. The lowest BCUT2D eigenvalue weighted by Gasteiger charge is -2.06. The molecule has 19 heavy (non-hydrogen) atoms. The Balaban J connectivity index is 2.33.